The first kappa shape index (κ1) is 16.3. The van der Waals surface area contributed by atoms with Crippen LogP contribution in [0, 0.1) is 0 Å². The molecule has 0 unspecified atom stereocenters. The number of nitrogens with one attached hydrogen (secondary N) is 2. The smallest absolute Gasteiger partial charge is 0.330 e. The third kappa shape index (κ3) is 4.73. The normalized spacial score (nSPS) is 15.8. The molecule has 2 rings (SSSR count). The molecule has 2 amide bonds. The number of fused-ring (bicyclic) bond motifs is 1. The van der Waals surface area contributed by atoms with E-state index in [1.165, 1.54) is 0 Å². The minimum Gasteiger partial charge on any atom is -0.485 e. The molecule has 0 fully saturated rings. The summed E-state index contributed by atoms with van der Waals surface area (Å²) in [6.45, 7) is 1.88. The molecule has 23 heavy (non-hydrogen) atoms. The monoisotopic (exact) mass is 320 g/mol. The summed E-state index contributed by atoms with van der Waals surface area (Å²) in [6, 6.07) is 6.95. The van der Waals surface area contributed by atoms with Crippen LogP contribution in [0.4, 0.5) is 0 Å². The predicted molar refractivity (Wildman–Crippen MR) is 78.4 cm³/mol. The Hall–Kier alpha value is -3.03. The Bertz CT molecular complexity index is 628. The van der Waals surface area contributed by atoms with Crippen LogP contribution in [0.1, 0.15) is 6.92 Å². The van der Waals surface area contributed by atoms with Crippen LogP contribution in [-0.4, -0.2) is 37.1 Å². The molecular weight excluding hydrogens is 304 g/mol. The maximum atomic E-state index is 11.9. The van der Waals surface area contributed by atoms with E-state index >= 15 is 0 Å². The van der Waals surface area contributed by atoms with Gasteiger partial charge < -0.3 is 14.2 Å². The van der Waals surface area contributed by atoms with Gasteiger partial charge in [-0.2, -0.15) is 0 Å². The van der Waals surface area contributed by atoms with Crippen LogP contribution in [0.2, 0.25) is 0 Å². The molecule has 122 valence electrons. The van der Waals surface area contributed by atoms with Crippen molar-refractivity contribution in [3.8, 4) is 11.5 Å². The molecule has 0 saturated carbocycles. The van der Waals surface area contributed by atoms with Gasteiger partial charge in [0.05, 0.1) is 6.61 Å². The number of rotatable bonds is 4. The van der Waals surface area contributed by atoms with E-state index in [0.29, 0.717) is 11.5 Å². The summed E-state index contributed by atoms with van der Waals surface area (Å²) >= 11 is 0. The molecule has 0 radical (unpaired) electrons. The molecule has 1 aliphatic heterocycles. The number of hydrogen-bond donors (Lipinski definition) is 2. The van der Waals surface area contributed by atoms with Gasteiger partial charge in [0.2, 0.25) is 6.10 Å². The molecule has 0 bridgehead atoms. The minimum atomic E-state index is -0.890. The zero-order valence-electron chi connectivity index (χ0n) is 12.4. The van der Waals surface area contributed by atoms with Crippen molar-refractivity contribution in [2.75, 3.05) is 13.2 Å². The van der Waals surface area contributed by atoms with Crippen LogP contribution in [0.3, 0.4) is 0 Å². The van der Waals surface area contributed by atoms with E-state index in [-0.39, 0.29) is 13.2 Å². The Kier molecular flexibility index (Phi) is 5.56. The van der Waals surface area contributed by atoms with E-state index in [9.17, 15) is 14.4 Å². The highest BCUT2D eigenvalue weighted by molar-refractivity contribution is 5.95. The van der Waals surface area contributed by atoms with E-state index in [0.717, 1.165) is 12.2 Å². The number of amides is 2. The lowest BCUT2D eigenvalue weighted by Crippen LogP contribution is -2.50. The molecule has 0 aliphatic carbocycles. The first-order chi connectivity index (χ1) is 11.1. The Morgan fingerprint density at radius 2 is 1.96 bits per heavy atom. The molecular formula is C15H16N2O6. The van der Waals surface area contributed by atoms with Crippen molar-refractivity contribution in [3.63, 3.8) is 0 Å². The van der Waals surface area contributed by atoms with Crippen molar-refractivity contribution in [2.24, 2.45) is 0 Å². The summed E-state index contributed by atoms with van der Waals surface area (Å²) < 4.78 is 15.5. The Labute approximate surface area is 132 Å². The predicted octanol–water partition coefficient (Wildman–Crippen LogP) is 0.0931. The molecule has 1 atom stereocenters. The van der Waals surface area contributed by atoms with Gasteiger partial charge in [-0.3, -0.25) is 20.4 Å². The number of para-hydroxylation sites is 2. The minimum absolute atomic E-state index is 0.0252. The molecule has 0 saturated heterocycles. The second kappa shape index (κ2) is 7.83. The largest absolute Gasteiger partial charge is 0.485 e. The van der Waals surface area contributed by atoms with Gasteiger partial charge in [-0.15, -0.1) is 0 Å². The highest BCUT2D eigenvalue weighted by atomic mass is 16.6. The fraction of sp³-hybridized carbons (Fsp3) is 0.267. The molecule has 8 heteroatoms. The quantitative estimate of drug-likeness (QED) is 0.463. The summed E-state index contributed by atoms with van der Waals surface area (Å²) in [7, 11) is 0. The van der Waals surface area contributed by atoms with Crippen LogP contribution in [0.25, 0.3) is 0 Å². The third-order valence-electron chi connectivity index (χ3n) is 2.77. The molecule has 1 aliphatic rings. The van der Waals surface area contributed by atoms with Crippen molar-refractivity contribution in [1.29, 1.82) is 0 Å². The molecule has 0 spiro atoms. The van der Waals surface area contributed by atoms with Gasteiger partial charge in [-0.05, 0) is 19.1 Å². The second-order valence-electron chi connectivity index (χ2n) is 4.43. The van der Waals surface area contributed by atoms with Gasteiger partial charge in [0.25, 0.3) is 11.8 Å². The summed E-state index contributed by atoms with van der Waals surface area (Å²) in [5.74, 6) is -0.888. The fourth-order valence-electron chi connectivity index (χ4n) is 1.73. The Morgan fingerprint density at radius 3 is 2.70 bits per heavy atom. The average Bonchev–Trinajstić information content (AvgIpc) is 2.57. The SMILES string of the molecule is CCOC(=O)/C=C/C(=O)NNC(=O)[C@@H]1COc2ccccc2O1. The van der Waals surface area contributed by atoms with Crippen molar-refractivity contribution in [3.05, 3.63) is 36.4 Å². The number of ether oxygens (including phenoxy) is 3. The first-order valence-electron chi connectivity index (χ1n) is 6.93. The van der Waals surface area contributed by atoms with Crippen LogP contribution < -0.4 is 20.3 Å². The zero-order valence-corrected chi connectivity index (χ0v) is 12.4. The maximum absolute atomic E-state index is 11.9. The molecule has 2 N–H and O–H groups in total. The van der Waals surface area contributed by atoms with E-state index in [1.807, 2.05) is 0 Å². The summed E-state index contributed by atoms with van der Waals surface area (Å²) in [6.07, 6.45) is 1.02. The summed E-state index contributed by atoms with van der Waals surface area (Å²) in [5, 5.41) is 0. The molecule has 1 aromatic carbocycles. The van der Waals surface area contributed by atoms with Gasteiger partial charge in [0.1, 0.15) is 6.61 Å². The molecule has 1 aromatic rings. The second-order valence-corrected chi connectivity index (χ2v) is 4.43. The number of carbonyl (C=O) groups excluding carboxylic acids is 3. The maximum Gasteiger partial charge on any atom is 0.330 e. The molecule has 1 heterocycles. The zero-order chi connectivity index (χ0) is 16.7. The summed E-state index contributed by atoms with van der Waals surface area (Å²) in [5.41, 5.74) is 4.32. The van der Waals surface area contributed by atoms with Crippen molar-refractivity contribution >= 4 is 17.8 Å². The van der Waals surface area contributed by atoms with Crippen molar-refractivity contribution in [1.82, 2.24) is 10.9 Å². The van der Waals surface area contributed by atoms with E-state index in [2.05, 4.69) is 15.6 Å². The summed E-state index contributed by atoms with van der Waals surface area (Å²) in [4.78, 5) is 34.4. The van der Waals surface area contributed by atoms with Gasteiger partial charge in [-0.25, -0.2) is 4.79 Å². The topological polar surface area (TPSA) is 103 Å². The number of carbonyl (C=O) groups is 3. The lowest BCUT2D eigenvalue weighted by molar-refractivity contribution is -0.137. The number of benzene rings is 1. The van der Waals surface area contributed by atoms with Crippen LogP contribution in [0.15, 0.2) is 36.4 Å². The van der Waals surface area contributed by atoms with Gasteiger partial charge >= 0.3 is 5.97 Å². The average molecular weight is 320 g/mol. The van der Waals surface area contributed by atoms with Gasteiger partial charge in [0, 0.05) is 12.2 Å². The molecule has 0 aromatic heterocycles. The number of esters is 1. The fourth-order valence-corrected chi connectivity index (χ4v) is 1.73. The number of hydrazine groups is 1. The van der Waals surface area contributed by atoms with Crippen molar-refractivity contribution < 1.29 is 28.6 Å². The van der Waals surface area contributed by atoms with Crippen molar-refractivity contribution in [2.45, 2.75) is 13.0 Å². The molecule has 8 nitrogen and oxygen atoms in total. The first-order valence-corrected chi connectivity index (χ1v) is 6.93. The van der Waals surface area contributed by atoms with Gasteiger partial charge in [-0.1, -0.05) is 12.1 Å². The standard InChI is InChI=1S/C15H16N2O6/c1-2-21-14(19)8-7-13(18)16-17-15(20)12-9-22-10-5-3-4-6-11(10)23-12/h3-8,12H,2,9H2,1H3,(H,16,18)(H,17,20)/b8-7+/t12-/m0/s1. The Balaban J connectivity index is 1.79. The number of hydrogen-bond acceptors (Lipinski definition) is 6. The lowest BCUT2D eigenvalue weighted by Gasteiger charge is -2.25. The Morgan fingerprint density at radius 1 is 1.22 bits per heavy atom. The van der Waals surface area contributed by atoms with Gasteiger partial charge in [0.15, 0.2) is 11.5 Å². The van der Waals surface area contributed by atoms with Crippen LogP contribution in [0.5, 0.6) is 11.5 Å². The van der Waals surface area contributed by atoms with Crippen LogP contribution >= 0.6 is 0 Å². The highest BCUT2D eigenvalue weighted by Crippen LogP contribution is 2.30. The third-order valence-corrected chi connectivity index (χ3v) is 2.77. The highest BCUT2D eigenvalue weighted by Gasteiger charge is 2.27. The van der Waals surface area contributed by atoms with E-state index in [4.69, 9.17) is 9.47 Å². The van der Waals surface area contributed by atoms with E-state index in [1.54, 1.807) is 31.2 Å². The van der Waals surface area contributed by atoms with Crippen LogP contribution in [-0.2, 0) is 19.1 Å². The lowest BCUT2D eigenvalue weighted by atomic mass is 10.2. The van der Waals surface area contributed by atoms with E-state index < -0.39 is 23.9 Å².